The Bertz CT molecular complexity index is 545. The Morgan fingerprint density at radius 2 is 2.06 bits per heavy atom. The lowest BCUT2D eigenvalue weighted by molar-refractivity contribution is 0.412. The average molecular weight is 273 g/mol. The molecule has 1 aromatic heterocycles. The van der Waals surface area contributed by atoms with Crippen molar-refractivity contribution in [3.05, 3.63) is 58.5 Å². The number of nitrogens with two attached hydrogens (primary N) is 1. The minimum Gasteiger partial charge on any atom is -0.448 e. The molecule has 3 nitrogen and oxygen atoms in total. The first-order chi connectivity index (χ1) is 8.60. The molecule has 0 saturated carbocycles. The zero-order valence-electron chi connectivity index (χ0n) is 9.29. The van der Waals surface area contributed by atoms with Gasteiger partial charge < -0.3 is 4.42 Å². The molecule has 1 aromatic carbocycles. The largest absolute Gasteiger partial charge is 0.448 e. The van der Waals surface area contributed by atoms with Gasteiger partial charge in [-0.2, -0.15) is 0 Å². The summed E-state index contributed by atoms with van der Waals surface area (Å²) >= 11 is 5.66. The second-order valence-corrected chi connectivity index (χ2v) is 4.17. The SMILES string of the molecule is NNC(Cc1ccc(F)cc1F)c1ccc(Cl)o1. The van der Waals surface area contributed by atoms with E-state index in [0.29, 0.717) is 11.3 Å². The van der Waals surface area contributed by atoms with Crippen molar-refractivity contribution in [2.75, 3.05) is 0 Å². The lowest BCUT2D eigenvalue weighted by Crippen LogP contribution is -2.29. The van der Waals surface area contributed by atoms with Crippen LogP contribution >= 0.6 is 11.6 Å². The first-order valence-electron chi connectivity index (χ1n) is 5.25. The highest BCUT2D eigenvalue weighted by Crippen LogP contribution is 2.23. The number of hydrogen-bond acceptors (Lipinski definition) is 3. The Hall–Kier alpha value is -1.43. The van der Waals surface area contributed by atoms with Gasteiger partial charge in [0.15, 0.2) is 5.22 Å². The number of benzene rings is 1. The Balaban J connectivity index is 2.20. The van der Waals surface area contributed by atoms with Gasteiger partial charge in [-0.25, -0.2) is 14.2 Å². The Labute approximate surface area is 108 Å². The van der Waals surface area contributed by atoms with Crippen molar-refractivity contribution in [2.45, 2.75) is 12.5 Å². The molecular formula is C12H11ClF2N2O. The van der Waals surface area contributed by atoms with E-state index >= 15 is 0 Å². The van der Waals surface area contributed by atoms with E-state index in [1.165, 1.54) is 12.1 Å². The van der Waals surface area contributed by atoms with Crippen LogP contribution in [0.5, 0.6) is 0 Å². The summed E-state index contributed by atoms with van der Waals surface area (Å²) < 4.78 is 31.5. The van der Waals surface area contributed by atoms with Gasteiger partial charge in [-0.05, 0) is 41.8 Å². The minimum atomic E-state index is -0.618. The molecule has 0 bridgehead atoms. The zero-order valence-corrected chi connectivity index (χ0v) is 10.0. The van der Waals surface area contributed by atoms with Gasteiger partial charge in [-0.3, -0.25) is 5.84 Å². The fourth-order valence-corrected chi connectivity index (χ4v) is 1.82. The van der Waals surface area contributed by atoms with Gasteiger partial charge >= 0.3 is 0 Å². The molecule has 2 rings (SSSR count). The van der Waals surface area contributed by atoms with Crippen LogP contribution in [0.4, 0.5) is 8.78 Å². The van der Waals surface area contributed by atoms with Crippen molar-refractivity contribution in [1.29, 1.82) is 0 Å². The number of hydrazine groups is 1. The van der Waals surface area contributed by atoms with Crippen LogP contribution < -0.4 is 11.3 Å². The predicted molar refractivity (Wildman–Crippen MR) is 63.8 cm³/mol. The van der Waals surface area contributed by atoms with Crippen LogP contribution in [0.3, 0.4) is 0 Å². The molecule has 0 aliphatic rings. The van der Waals surface area contributed by atoms with Crippen LogP contribution in [0.1, 0.15) is 17.4 Å². The summed E-state index contributed by atoms with van der Waals surface area (Å²) in [6, 6.07) is 6.19. The molecule has 1 atom stereocenters. The van der Waals surface area contributed by atoms with E-state index < -0.39 is 17.7 Å². The van der Waals surface area contributed by atoms with Crippen LogP contribution in [0.15, 0.2) is 34.7 Å². The van der Waals surface area contributed by atoms with Crippen LogP contribution in [0.25, 0.3) is 0 Å². The zero-order chi connectivity index (χ0) is 13.1. The van der Waals surface area contributed by atoms with Crippen LogP contribution in [-0.2, 0) is 6.42 Å². The third-order valence-electron chi connectivity index (χ3n) is 2.58. The van der Waals surface area contributed by atoms with Gasteiger partial charge in [0, 0.05) is 6.07 Å². The number of furan rings is 1. The molecule has 96 valence electrons. The van der Waals surface area contributed by atoms with E-state index in [1.54, 1.807) is 12.1 Å². The van der Waals surface area contributed by atoms with E-state index in [-0.39, 0.29) is 11.6 Å². The van der Waals surface area contributed by atoms with Gasteiger partial charge in [0.2, 0.25) is 0 Å². The van der Waals surface area contributed by atoms with Crippen molar-refractivity contribution in [3.63, 3.8) is 0 Å². The summed E-state index contributed by atoms with van der Waals surface area (Å²) in [5.41, 5.74) is 2.85. The quantitative estimate of drug-likeness (QED) is 0.665. The molecule has 0 amide bonds. The molecule has 6 heteroatoms. The maximum atomic E-state index is 13.5. The molecule has 3 N–H and O–H groups in total. The molecule has 0 saturated heterocycles. The molecule has 18 heavy (non-hydrogen) atoms. The molecular weight excluding hydrogens is 262 g/mol. The lowest BCUT2D eigenvalue weighted by atomic mass is 10.0. The molecule has 0 radical (unpaired) electrons. The Kier molecular flexibility index (Phi) is 3.96. The van der Waals surface area contributed by atoms with Crippen molar-refractivity contribution >= 4 is 11.6 Å². The summed E-state index contributed by atoms with van der Waals surface area (Å²) in [5, 5.41) is 0.227. The molecule has 0 aliphatic carbocycles. The molecule has 1 unspecified atom stereocenters. The first kappa shape index (κ1) is 13.0. The lowest BCUT2D eigenvalue weighted by Gasteiger charge is -2.13. The van der Waals surface area contributed by atoms with E-state index in [0.717, 1.165) is 6.07 Å². The highest BCUT2D eigenvalue weighted by atomic mass is 35.5. The van der Waals surface area contributed by atoms with Crippen molar-refractivity contribution in [2.24, 2.45) is 5.84 Å². The number of nitrogens with one attached hydrogen (secondary N) is 1. The molecule has 2 aromatic rings. The third kappa shape index (κ3) is 2.87. The summed E-state index contributed by atoms with van der Waals surface area (Å²) in [6.45, 7) is 0. The Morgan fingerprint density at radius 3 is 2.61 bits per heavy atom. The average Bonchev–Trinajstić information content (AvgIpc) is 2.75. The molecule has 0 aliphatic heterocycles. The Morgan fingerprint density at radius 1 is 1.28 bits per heavy atom. The van der Waals surface area contributed by atoms with Crippen molar-refractivity contribution < 1.29 is 13.2 Å². The van der Waals surface area contributed by atoms with E-state index in [9.17, 15) is 8.78 Å². The maximum absolute atomic E-state index is 13.5. The third-order valence-corrected chi connectivity index (χ3v) is 2.78. The second-order valence-electron chi connectivity index (χ2n) is 3.80. The summed E-state index contributed by atoms with van der Waals surface area (Å²) in [4.78, 5) is 0. The van der Waals surface area contributed by atoms with Crippen LogP contribution in [0, 0.1) is 11.6 Å². The summed E-state index contributed by atoms with van der Waals surface area (Å²) in [7, 11) is 0. The monoisotopic (exact) mass is 272 g/mol. The van der Waals surface area contributed by atoms with Crippen LogP contribution in [-0.4, -0.2) is 0 Å². The van der Waals surface area contributed by atoms with Gasteiger partial charge in [0.05, 0.1) is 6.04 Å². The summed E-state index contributed by atoms with van der Waals surface area (Å²) in [5.74, 6) is 4.65. The summed E-state index contributed by atoms with van der Waals surface area (Å²) in [6.07, 6.45) is 0.229. The smallest absolute Gasteiger partial charge is 0.193 e. The van der Waals surface area contributed by atoms with E-state index in [4.69, 9.17) is 21.9 Å². The molecule has 0 spiro atoms. The van der Waals surface area contributed by atoms with Gasteiger partial charge in [-0.1, -0.05) is 6.07 Å². The highest BCUT2D eigenvalue weighted by molar-refractivity contribution is 6.28. The number of halogens is 3. The van der Waals surface area contributed by atoms with Gasteiger partial charge in [-0.15, -0.1) is 0 Å². The van der Waals surface area contributed by atoms with Crippen LogP contribution in [0.2, 0.25) is 5.22 Å². The van der Waals surface area contributed by atoms with Gasteiger partial charge in [0.1, 0.15) is 17.4 Å². The topological polar surface area (TPSA) is 51.2 Å². The van der Waals surface area contributed by atoms with Crippen molar-refractivity contribution in [3.8, 4) is 0 Å². The second kappa shape index (κ2) is 5.48. The highest BCUT2D eigenvalue weighted by Gasteiger charge is 2.17. The molecule has 0 fully saturated rings. The van der Waals surface area contributed by atoms with Crippen molar-refractivity contribution in [1.82, 2.24) is 5.43 Å². The predicted octanol–water partition coefficient (Wildman–Crippen LogP) is 2.96. The first-order valence-corrected chi connectivity index (χ1v) is 5.63. The minimum absolute atomic E-state index is 0.227. The number of rotatable bonds is 4. The maximum Gasteiger partial charge on any atom is 0.193 e. The normalized spacial score (nSPS) is 12.7. The van der Waals surface area contributed by atoms with Gasteiger partial charge in [0.25, 0.3) is 0 Å². The fraction of sp³-hybridized carbons (Fsp3) is 0.167. The number of hydrogen-bond donors (Lipinski definition) is 2. The molecule has 1 heterocycles. The van der Waals surface area contributed by atoms with E-state index in [1.807, 2.05) is 0 Å². The fourth-order valence-electron chi connectivity index (χ4n) is 1.66. The van der Waals surface area contributed by atoms with E-state index in [2.05, 4.69) is 5.43 Å². The standard InChI is InChI=1S/C12H11ClF2N2O/c13-12-4-3-11(18-12)10(17-16)5-7-1-2-8(14)6-9(7)15/h1-4,6,10,17H,5,16H2.